The molecular weight excluding hydrogens is 521 g/mol. The summed E-state index contributed by atoms with van der Waals surface area (Å²) in [6, 6.07) is 21.9. The van der Waals surface area contributed by atoms with Gasteiger partial charge in [-0.05, 0) is 62.2 Å². The normalized spacial score (nSPS) is 11.8. The minimum atomic E-state index is -1.68. The van der Waals surface area contributed by atoms with Crippen LogP contribution in [0.5, 0.6) is 0 Å². The molecule has 0 aromatic heterocycles. The molecule has 0 atom stereocenters. The first-order valence-electron chi connectivity index (χ1n) is 14.7. The van der Waals surface area contributed by atoms with Gasteiger partial charge in [-0.2, -0.15) is 0 Å². The summed E-state index contributed by atoms with van der Waals surface area (Å²) in [5, 5.41) is 0. The molecule has 0 bridgehead atoms. The average molecular weight is 571 g/mol. The van der Waals surface area contributed by atoms with Crippen LogP contribution in [0.4, 0.5) is 0 Å². The van der Waals surface area contributed by atoms with Gasteiger partial charge in [-0.1, -0.05) is 99.2 Å². The number of carbonyl (C=O) groups excluding carboxylic acids is 2. The van der Waals surface area contributed by atoms with E-state index in [1.54, 1.807) is 0 Å². The standard InChI is InChI=1S/C32H50O5Si2/c1-38(2,25-17-7-5-15-23-35-31(33)27-29-19-11-9-12-20-29)37-39(3,4)26-18-8-6-16-24-36-32(34)28-30-21-13-10-14-22-30/h9-14,19-22H,5-8,15-18,23-28H2,1-4H3. The third-order valence-corrected chi connectivity index (χ3v) is 14.3. The molecule has 216 valence electrons. The van der Waals surface area contributed by atoms with Gasteiger partial charge in [0.05, 0.1) is 26.1 Å². The van der Waals surface area contributed by atoms with E-state index in [9.17, 15) is 9.59 Å². The fourth-order valence-corrected chi connectivity index (χ4v) is 13.9. The highest BCUT2D eigenvalue weighted by Gasteiger charge is 2.32. The Labute approximate surface area is 238 Å². The minimum Gasteiger partial charge on any atom is -0.465 e. The Morgan fingerprint density at radius 2 is 0.897 bits per heavy atom. The lowest BCUT2D eigenvalue weighted by Gasteiger charge is -2.34. The number of carbonyl (C=O) groups is 2. The molecule has 5 nitrogen and oxygen atoms in total. The van der Waals surface area contributed by atoms with E-state index < -0.39 is 16.6 Å². The predicted octanol–water partition coefficient (Wildman–Crippen LogP) is 8.11. The van der Waals surface area contributed by atoms with Crippen molar-refractivity contribution in [1.29, 1.82) is 0 Å². The van der Waals surface area contributed by atoms with Crippen LogP contribution in [0.2, 0.25) is 38.3 Å². The molecule has 2 aromatic carbocycles. The van der Waals surface area contributed by atoms with Crippen molar-refractivity contribution in [3.8, 4) is 0 Å². The second-order valence-corrected chi connectivity index (χ2v) is 20.6. The fourth-order valence-electron chi connectivity index (χ4n) is 4.86. The van der Waals surface area contributed by atoms with Crippen molar-refractivity contribution in [2.45, 2.75) is 102 Å². The van der Waals surface area contributed by atoms with Crippen LogP contribution < -0.4 is 0 Å². The molecule has 0 N–H and O–H groups in total. The summed E-state index contributed by atoms with van der Waals surface area (Å²) < 4.78 is 17.6. The van der Waals surface area contributed by atoms with E-state index in [1.165, 1.54) is 24.9 Å². The quantitative estimate of drug-likeness (QED) is 0.0914. The lowest BCUT2D eigenvalue weighted by Crippen LogP contribution is -2.44. The molecule has 2 rings (SSSR count). The van der Waals surface area contributed by atoms with Gasteiger partial charge in [0.2, 0.25) is 0 Å². The van der Waals surface area contributed by atoms with Gasteiger partial charge in [0.15, 0.2) is 16.6 Å². The van der Waals surface area contributed by atoms with Gasteiger partial charge in [0, 0.05) is 0 Å². The molecule has 0 fully saturated rings. The summed E-state index contributed by atoms with van der Waals surface area (Å²) in [6.45, 7) is 10.5. The van der Waals surface area contributed by atoms with E-state index >= 15 is 0 Å². The fraction of sp³-hybridized carbons (Fsp3) is 0.562. The molecule has 0 saturated carbocycles. The second-order valence-electron chi connectivity index (χ2n) is 11.7. The van der Waals surface area contributed by atoms with E-state index in [0.717, 1.165) is 49.7 Å². The highest BCUT2D eigenvalue weighted by molar-refractivity contribution is 6.84. The monoisotopic (exact) mass is 570 g/mol. The zero-order valence-electron chi connectivity index (χ0n) is 24.7. The number of hydrogen-bond acceptors (Lipinski definition) is 5. The highest BCUT2D eigenvalue weighted by Crippen LogP contribution is 2.25. The lowest BCUT2D eigenvalue weighted by molar-refractivity contribution is -0.143. The Morgan fingerprint density at radius 3 is 1.28 bits per heavy atom. The number of rotatable bonds is 20. The van der Waals surface area contributed by atoms with Crippen LogP contribution in [0.3, 0.4) is 0 Å². The van der Waals surface area contributed by atoms with Crippen LogP contribution in [0, 0.1) is 0 Å². The molecule has 0 unspecified atom stereocenters. The second kappa shape index (κ2) is 18.2. The molecule has 0 radical (unpaired) electrons. The Morgan fingerprint density at radius 1 is 0.538 bits per heavy atom. The summed E-state index contributed by atoms with van der Waals surface area (Å²) >= 11 is 0. The third-order valence-electron chi connectivity index (χ3n) is 6.81. The third kappa shape index (κ3) is 16.5. The van der Waals surface area contributed by atoms with E-state index in [4.69, 9.17) is 13.6 Å². The molecule has 2 aromatic rings. The molecule has 7 heteroatoms. The van der Waals surface area contributed by atoms with Crippen molar-refractivity contribution >= 4 is 28.6 Å². The number of benzene rings is 2. The smallest absolute Gasteiger partial charge is 0.310 e. The molecule has 0 saturated heterocycles. The maximum absolute atomic E-state index is 11.9. The zero-order chi connectivity index (χ0) is 28.4. The van der Waals surface area contributed by atoms with Crippen LogP contribution in [-0.4, -0.2) is 41.8 Å². The number of hydrogen-bond donors (Lipinski definition) is 0. The minimum absolute atomic E-state index is 0.141. The van der Waals surface area contributed by atoms with E-state index in [2.05, 4.69) is 26.2 Å². The summed E-state index contributed by atoms with van der Waals surface area (Å²) in [7, 11) is -3.35. The van der Waals surface area contributed by atoms with Crippen molar-refractivity contribution in [3.63, 3.8) is 0 Å². The van der Waals surface area contributed by atoms with Gasteiger partial charge >= 0.3 is 11.9 Å². The number of esters is 2. The molecule has 0 amide bonds. The summed E-state index contributed by atoms with van der Waals surface area (Å²) in [4.78, 5) is 23.9. The van der Waals surface area contributed by atoms with Gasteiger partial charge < -0.3 is 13.6 Å². The maximum Gasteiger partial charge on any atom is 0.310 e. The lowest BCUT2D eigenvalue weighted by atomic mass is 10.1. The summed E-state index contributed by atoms with van der Waals surface area (Å²) in [5.74, 6) is -0.282. The van der Waals surface area contributed by atoms with Crippen molar-refractivity contribution < 1.29 is 23.2 Å². The van der Waals surface area contributed by atoms with Gasteiger partial charge in [0.1, 0.15) is 0 Å². The predicted molar refractivity (Wildman–Crippen MR) is 165 cm³/mol. The first kappa shape index (κ1) is 33.0. The SMILES string of the molecule is C[Si](C)(CCCCCCOC(=O)Cc1ccccc1)O[Si](C)(C)CCCCCCOC(=O)Cc1ccccc1. The van der Waals surface area contributed by atoms with Crippen LogP contribution >= 0.6 is 0 Å². The Hall–Kier alpha value is -2.23. The van der Waals surface area contributed by atoms with Crippen molar-refractivity contribution in [3.05, 3.63) is 71.8 Å². The van der Waals surface area contributed by atoms with Crippen LogP contribution in [-0.2, 0) is 36.0 Å². The van der Waals surface area contributed by atoms with E-state index in [0.29, 0.717) is 26.1 Å². The van der Waals surface area contributed by atoms with Crippen molar-refractivity contribution in [2.24, 2.45) is 0 Å². The molecule has 0 aliphatic rings. The first-order valence-corrected chi connectivity index (χ1v) is 21.0. The Bertz CT molecular complexity index is 870. The van der Waals surface area contributed by atoms with Crippen molar-refractivity contribution in [2.75, 3.05) is 13.2 Å². The van der Waals surface area contributed by atoms with Gasteiger partial charge in [0.25, 0.3) is 0 Å². The summed E-state index contributed by atoms with van der Waals surface area (Å²) in [5.41, 5.74) is 2.00. The Balaban J connectivity index is 1.46. The molecular formula is C32H50O5Si2. The largest absolute Gasteiger partial charge is 0.465 e. The van der Waals surface area contributed by atoms with E-state index in [-0.39, 0.29) is 11.9 Å². The van der Waals surface area contributed by atoms with Crippen molar-refractivity contribution in [1.82, 2.24) is 0 Å². The average Bonchev–Trinajstić information content (AvgIpc) is 2.88. The molecule has 0 aliphatic heterocycles. The highest BCUT2D eigenvalue weighted by atomic mass is 28.4. The van der Waals surface area contributed by atoms with Crippen LogP contribution in [0.15, 0.2) is 60.7 Å². The molecule has 39 heavy (non-hydrogen) atoms. The van der Waals surface area contributed by atoms with Crippen LogP contribution in [0.25, 0.3) is 0 Å². The van der Waals surface area contributed by atoms with Gasteiger partial charge in [-0.25, -0.2) is 0 Å². The van der Waals surface area contributed by atoms with E-state index in [1.807, 2.05) is 60.7 Å². The first-order chi connectivity index (χ1) is 18.7. The van der Waals surface area contributed by atoms with Gasteiger partial charge in [-0.15, -0.1) is 0 Å². The Kier molecular flexibility index (Phi) is 15.4. The maximum atomic E-state index is 11.9. The molecule has 0 spiro atoms. The number of ether oxygens (including phenoxy) is 2. The topological polar surface area (TPSA) is 61.8 Å². The van der Waals surface area contributed by atoms with Gasteiger partial charge in [-0.3, -0.25) is 9.59 Å². The van der Waals surface area contributed by atoms with Crippen LogP contribution in [0.1, 0.15) is 62.5 Å². The molecule has 0 heterocycles. The number of unbranched alkanes of at least 4 members (excludes halogenated alkanes) is 6. The zero-order valence-corrected chi connectivity index (χ0v) is 26.7. The summed E-state index contributed by atoms with van der Waals surface area (Å²) in [6.07, 6.45) is 9.42. The molecule has 0 aliphatic carbocycles.